The molecule has 1 saturated heterocycles. The van der Waals surface area contributed by atoms with Crippen molar-refractivity contribution in [2.45, 2.75) is 31.7 Å². The molecule has 1 amide bonds. The number of aryl methyl sites for hydroxylation is 1. The van der Waals surface area contributed by atoms with Crippen molar-refractivity contribution in [3.05, 3.63) is 71.3 Å². The summed E-state index contributed by atoms with van der Waals surface area (Å²) in [6.45, 7) is 5.38. The van der Waals surface area contributed by atoms with Crippen LogP contribution in [-0.4, -0.2) is 29.9 Å². The highest BCUT2D eigenvalue weighted by Gasteiger charge is 2.35. The van der Waals surface area contributed by atoms with Gasteiger partial charge in [0.25, 0.3) is 0 Å². The summed E-state index contributed by atoms with van der Waals surface area (Å²) < 4.78 is 0. The Kier molecular flexibility index (Phi) is 6.03. The molecule has 3 rings (SSSR count). The lowest BCUT2D eigenvalue weighted by atomic mass is 9.95. The number of hydrogen-bond acceptors (Lipinski definition) is 2. The molecule has 1 heterocycles. The maximum absolute atomic E-state index is 12.8. The van der Waals surface area contributed by atoms with Gasteiger partial charge in [-0.2, -0.15) is 0 Å². The van der Waals surface area contributed by atoms with E-state index in [1.54, 1.807) is 0 Å². The maximum atomic E-state index is 12.8. The van der Waals surface area contributed by atoms with Crippen LogP contribution < -0.4 is 5.73 Å². The van der Waals surface area contributed by atoms with Gasteiger partial charge in [-0.05, 0) is 25.0 Å². The van der Waals surface area contributed by atoms with E-state index in [0.717, 1.165) is 5.56 Å². The molecule has 1 aliphatic rings. The van der Waals surface area contributed by atoms with E-state index in [2.05, 4.69) is 31.2 Å². The lowest BCUT2D eigenvalue weighted by Gasteiger charge is -2.21. The quantitative estimate of drug-likeness (QED) is 0.926. The monoisotopic (exact) mass is 344 g/mol. The van der Waals surface area contributed by atoms with E-state index in [4.69, 9.17) is 5.73 Å². The van der Waals surface area contributed by atoms with Gasteiger partial charge in [-0.25, -0.2) is 0 Å². The third-order valence-corrected chi connectivity index (χ3v) is 4.82. The van der Waals surface area contributed by atoms with Gasteiger partial charge in [0.05, 0.1) is 5.92 Å². The van der Waals surface area contributed by atoms with Crippen molar-refractivity contribution in [2.75, 3.05) is 13.1 Å². The molecular weight excluding hydrogens is 320 g/mol. The van der Waals surface area contributed by atoms with E-state index in [1.807, 2.05) is 42.2 Å². The predicted octanol–water partition coefficient (Wildman–Crippen LogP) is 3.47. The molecule has 0 bridgehead atoms. The molecular formula is C20H25ClN2O. The molecule has 2 N–H and O–H groups in total. The van der Waals surface area contributed by atoms with E-state index < -0.39 is 0 Å². The highest BCUT2D eigenvalue weighted by Crippen LogP contribution is 2.29. The highest BCUT2D eigenvalue weighted by atomic mass is 35.5. The number of nitrogens with zero attached hydrogens (tertiary/aromatic N) is 1. The first-order valence-electron chi connectivity index (χ1n) is 8.22. The third kappa shape index (κ3) is 3.80. The summed E-state index contributed by atoms with van der Waals surface area (Å²) in [5, 5.41) is 0. The minimum absolute atomic E-state index is 0. The van der Waals surface area contributed by atoms with Gasteiger partial charge in [0.15, 0.2) is 0 Å². The Hall–Kier alpha value is -1.84. The summed E-state index contributed by atoms with van der Waals surface area (Å²) in [4.78, 5) is 14.8. The fraction of sp³-hybridized carbons (Fsp3) is 0.350. The predicted molar refractivity (Wildman–Crippen MR) is 101 cm³/mol. The van der Waals surface area contributed by atoms with Crippen molar-refractivity contribution in [1.29, 1.82) is 0 Å². The highest BCUT2D eigenvalue weighted by molar-refractivity contribution is 5.85. The Morgan fingerprint density at radius 2 is 1.83 bits per heavy atom. The lowest BCUT2D eigenvalue weighted by Crippen LogP contribution is -2.34. The Bertz CT molecular complexity index is 689. The summed E-state index contributed by atoms with van der Waals surface area (Å²) in [6, 6.07) is 18.5. The summed E-state index contributed by atoms with van der Waals surface area (Å²) in [6.07, 6.45) is 0. The smallest absolute Gasteiger partial charge is 0.229 e. The third-order valence-electron chi connectivity index (χ3n) is 4.82. The molecule has 4 heteroatoms. The maximum Gasteiger partial charge on any atom is 0.229 e. The van der Waals surface area contributed by atoms with Gasteiger partial charge in [0, 0.05) is 25.0 Å². The van der Waals surface area contributed by atoms with Crippen LogP contribution in [-0.2, 0) is 4.79 Å². The van der Waals surface area contributed by atoms with Crippen molar-refractivity contribution in [3.8, 4) is 0 Å². The fourth-order valence-corrected chi connectivity index (χ4v) is 3.42. The average molecular weight is 345 g/mol. The summed E-state index contributed by atoms with van der Waals surface area (Å²) in [5.74, 6) is 0.269. The Morgan fingerprint density at radius 3 is 2.50 bits per heavy atom. The molecule has 2 aromatic carbocycles. The summed E-state index contributed by atoms with van der Waals surface area (Å²) in [7, 11) is 0. The zero-order valence-electron chi connectivity index (χ0n) is 14.2. The molecule has 0 aliphatic carbocycles. The molecule has 0 spiro atoms. The number of halogens is 1. The number of amides is 1. The van der Waals surface area contributed by atoms with Gasteiger partial charge >= 0.3 is 0 Å². The van der Waals surface area contributed by atoms with Crippen LogP contribution in [0.1, 0.15) is 35.4 Å². The first kappa shape index (κ1) is 18.5. The minimum atomic E-state index is -0.128. The number of hydrogen-bond donors (Lipinski definition) is 1. The van der Waals surface area contributed by atoms with Crippen molar-refractivity contribution < 1.29 is 4.79 Å². The number of carbonyl (C=O) groups excluding carboxylic acids is 1. The Balaban J connectivity index is 0.00000208. The van der Waals surface area contributed by atoms with Crippen LogP contribution in [0, 0.1) is 6.92 Å². The molecule has 1 aliphatic heterocycles. The normalized spacial score (nSPS) is 21.2. The standard InChI is InChI=1S/C20H24N2O.ClH/c1-14-7-6-10-17(11-14)15(2)20(23)22-12-18(19(21)13-22)16-8-4-3-5-9-16;/h3-11,15,18-19H,12-13,21H2,1-2H3;1H/t15?,18-,19+;/m0./s1. The van der Waals surface area contributed by atoms with Crippen LogP contribution in [0.25, 0.3) is 0 Å². The molecule has 0 radical (unpaired) electrons. The molecule has 0 saturated carbocycles. The van der Waals surface area contributed by atoms with Gasteiger partial charge in [-0.1, -0.05) is 60.2 Å². The van der Waals surface area contributed by atoms with Crippen LogP contribution in [0.3, 0.4) is 0 Å². The summed E-state index contributed by atoms with van der Waals surface area (Å²) >= 11 is 0. The molecule has 128 valence electrons. The number of benzene rings is 2. The van der Waals surface area contributed by atoms with E-state index in [-0.39, 0.29) is 36.2 Å². The average Bonchev–Trinajstić information content (AvgIpc) is 2.96. The van der Waals surface area contributed by atoms with Crippen LogP contribution >= 0.6 is 12.4 Å². The fourth-order valence-electron chi connectivity index (χ4n) is 3.42. The Labute approximate surface area is 150 Å². The van der Waals surface area contributed by atoms with Crippen LogP contribution in [0.5, 0.6) is 0 Å². The van der Waals surface area contributed by atoms with Crippen molar-refractivity contribution in [3.63, 3.8) is 0 Å². The van der Waals surface area contributed by atoms with E-state index in [9.17, 15) is 4.79 Å². The second-order valence-electron chi connectivity index (χ2n) is 6.56. The molecule has 24 heavy (non-hydrogen) atoms. The van der Waals surface area contributed by atoms with E-state index >= 15 is 0 Å². The number of likely N-dealkylation sites (tertiary alicyclic amines) is 1. The lowest BCUT2D eigenvalue weighted by molar-refractivity contribution is -0.131. The summed E-state index contributed by atoms with van der Waals surface area (Å²) in [5.41, 5.74) is 9.79. The molecule has 3 atom stereocenters. The molecule has 3 nitrogen and oxygen atoms in total. The number of rotatable bonds is 3. The van der Waals surface area contributed by atoms with Crippen molar-refractivity contribution in [2.24, 2.45) is 5.73 Å². The zero-order chi connectivity index (χ0) is 16.4. The largest absolute Gasteiger partial charge is 0.340 e. The van der Waals surface area contributed by atoms with Crippen LogP contribution in [0.2, 0.25) is 0 Å². The number of nitrogens with two attached hydrogens (primary N) is 1. The number of carbonyl (C=O) groups is 1. The second-order valence-corrected chi connectivity index (χ2v) is 6.56. The Morgan fingerprint density at radius 1 is 1.12 bits per heavy atom. The first-order valence-corrected chi connectivity index (χ1v) is 8.22. The van der Waals surface area contributed by atoms with Crippen LogP contribution in [0.4, 0.5) is 0 Å². The second kappa shape index (κ2) is 7.82. The molecule has 2 aromatic rings. The van der Waals surface area contributed by atoms with Gasteiger partial charge in [0.2, 0.25) is 5.91 Å². The SMILES string of the molecule is Cc1cccc(C(C)C(=O)N2C[C@@H](N)[C@H](c3ccccc3)C2)c1.Cl. The van der Waals surface area contributed by atoms with E-state index in [1.165, 1.54) is 11.1 Å². The van der Waals surface area contributed by atoms with E-state index in [0.29, 0.717) is 13.1 Å². The van der Waals surface area contributed by atoms with Crippen molar-refractivity contribution >= 4 is 18.3 Å². The van der Waals surface area contributed by atoms with Gasteiger partial charge in [-0.15, -0.1) is 12.4 Å². The minimum Gasteiger partial charge on any atom is -0.340 e. The first-order chi connectivity index (χ1) is 11.1. The zero-order valence-corrected chi connectivity index (χ0v) is 15.0. The van der Waals surface area contributed by atoms with Gasteiger partial charge in [0.1, 0.15) is 0 Å². The van der Waals surface area contributed by atoms with Crippen LogP contribution in [0.15, 0.2) is 54.6 Å². The molecule has 1 unspecified atom stereocenters. The van der Waals surface area contributed by atoms with Crippen molar-refractivity contribution in [1.82, 2.24) is 4.90 Å². The van der Waals surface area contributed by atoms with Gasteiger partial charge in [-0.3, -0.25) is 4.79 Å². The molecule has 1 fully saturated rings. The van der Waals surface area contributed by atoms with Gasteiger partial charge < -0.3 is 10.6 Å². The molecule has 0 aromatic heterocycles. The topological polar surface area (TPSA) is 46.3 Å².